The van der Waals surface area contributed by atoms with Crippen LogP contribution >= 0.6 is 0 Å². The van der Waals surface area contributed by atoms with E-state index in [9.17, 15) is 14.4 Å². The van der Waals surface area contributed by atoms with Crippen molar-refractivity contribution in [3.05, 3.63) is 89.5 Å². The maximum absolute atomic E-state index is 12.7. The van der Waals surface area contributed by atoms with Crippen molar-refractivity contribution >= 4 is 23.5 Å². The number of hydrogen-bond donors (Lipinski definition) is 2. The minimum atomic E-state index is -0.549. The normalized spacial score (nSPS) is 10.6. The number of nitrogens with one attached hydrogen (secondary N) is 2. The highest BCUT2D eigenvalue weighted by molar-refractivity contribution is 6.07. The number of rotatable bonds is 9. The van der Waals surface area contributed by atoms with E-state index in [1.165, 1.54) is 30.3 Å². The molecule has 3 aromatic heterocycles. The van der Waals surface area contributed by atoms with Gasteiger partial charge in [0.05, 0.1) is 37.4 Å². The number of furan rings is 2. The van der Waals surface area contributed by atoms with Crippen LogP contribution in [-0.2, 0) is 24.9 Å². The van der Waals surface area contributed by atoms with E-state index >= 15 is 0 Å². The zero-order chi connectivity index (χ0) is 24.8. The number of carbonyl (C=O) groups excluding carboxylic acids is 3. The van der Waals surface area contributed by atoms with Crippen molar-refractivity contribution in [1.29, 1.82) is 0 Å². The van der Waals surface area contributed by atoms with E-state index in [0.717, 1.165) is 0 Å². The number of benzene rings is 1. The SMILES string of the molecule is COC(=O)c1ccc(OCc2ccc(C(=O)Nc3cnn(C)c3C(=O)NCc3ccco3)o2)cc1. The second-order valence-corrected chi connectivity index (χ2v) is 7.32. The molecule has 0 fully saturated rings. The minimum Gasteiger partial charge on any atom is -0.486 e. The van der Waals surface area contributed by atoms with Gasteiger partial charge in [-0.2, -0.15) is 5.10 Å². The van der Waals surface area contributed by atoms with E-state index in [-0.39, 0.29) is 30.3 Å². The molecule has 0 aliphatic carbocycles. The predicted octanol–water partition coefficient (Wildman–Crippen LogP) is 3.15. The summed E-state index contributed by atoms with van der Waals surface area (Å²) < 4.78 is 22.4. The Bertz CT molecular complexity index is 1320. The van der Waals surface area contributed by atoms with E-state index in [1.54, 1.807) is 49.5 Å². The minimum absolute atomic E-state index is 0.0374. The molecule has 0 unspecified atom stereocenters. The molecule has 4 aromatic rings. The topological polar surface area (TPSA) is 138 Å². The molecule has 2 amide bonds. The van der Waals surface area contributed by atoms with Crippen LogP contribution in [0.4, 0.5) is 5.69 Å². The molecular weight excluding hydrogens is 456 g/mol. The quantitative estimate of drug-likeness (QED) is 0.350. The number of hydrogen-bond acceptors (Lipinski definition) is 8. The van der Waals surface area contributed by atoms with Crippen molar-refractivity contribution in [3.63, 3.8) is 0 Å². The molecule has 3 heterocycles. The first kappa shape index (κ1) is 23.4. The molecule has 0 aliphatic rings. The Balaban J connectivity index is 1.35. The highest BCUT2D eigenvalue weighted by Gasteiger charge is 2.21. The Labute approximate surface area is 199 Å². The molecule has 35 heavy (non-hydrogen) atoms. The van der Waals surface area contributed by atoms with Crippen molar-refractivity contribution in [2.24, 2.45) is 7.05 Å². The molecule has 2 N–H and O–H groups in total. The molecule has 180 valence electrons. The number of methoxy groups -OCH3 is 1. The summed E-state index contributed by atoms with van der Waals surface area (Å²) in [5.74, 6) is 0.141. The predicted molar refractivity (Wildman–Crippen MR) is 122 cm³/mol. The molecule has 0 radical (unpaired) electrons. The van der Waals surface area contributed by atoms with E-state index in [4.69, 9.17) is 13.6 Å². The second kappa shape index (κ2) is 10.4. The van der Waals surface area contributed by atoms with Gasteiger partial charge in [0.15, 0.2) is 5.76 Å². The summed E-state index contributed by atoms with van der Waals surface area (Å²) in [5.41, 5.74) is 0.811. The van der Waals surface area contributed by atoms with Crippen LogP contribution in [0.15, 0.2) is 69.8 Å². The van der Waals surface area contributed by atoms with Gasteiger partial charge < -0.3 is 28.9 Å². The molecule has 4 rings (SSSR count). The van der Waals surface area contributed by atoms with E-state index < -0.39 is 17.8 Å². The number of carbonyl (C=O) groups is 3. The Morgan fingerprint density at radius 2 is 1.83 bits per heavy atom. The molecule has 0 bridgehead atoms. The fraction of sp³-hybridized carbons (Fsp3) is 0.167. The highest BCUT2D eigenvalue weighted by atomic mass is 16.5. The average Bonchev–Trinajstić information content (AvgIpc) is 3.63. The fourth-order valence-corrected chi connectivity index (χ4v) is 3.18. The lowest BCUT2D eigenvalue weighted by atomic mass is 10.2. The first-order valence-electron chi connectivity index (χ1n) is 10.5. The van der Waals surface area contributed by atoms with Crippen molar-refractivity contribution in [2.45, 2.75) is 13.2 Å². The van der Waals surface area contributed by atoms with E-state index in [2.05, 4.69) is 20.5 Å². The molecule has 11 nitrogen and oxygen atoms in total. The summed E-state index contributed by atoms with van der Waals surface area (Å²) in [5, 5.41) is 9.43. The number of aromatic nitrogens is 2. The van der Waals surface area contributed by atoms with Crippen molar-refractivity contribution in [1.82, 2.24) is 15.1 Å². The first-order valence-corrected chi connectivity index (χ1v) is 10.5. The summed E-state index contributed by atoms with van der Waals surface area (Å²) >= 11 is 0. The summed E-state index contributed by atoms with van der Waals surface area (Å²) in [6.45, 7) is 0.259. The number of anilines is 1. The summed E-state index contributed by atoms with van der Waals surface area (Å²) in [4.78, 5) is 36.8. The van der Waals surface area contributed by atoms with Crippen LogP contribution in [0.2, 0.25) is 0 Å². The van der Waals surface area contributed by atoms with Crippen LogP contribution in [-0.4, -0.2) is 34.7 Å². The molecule has 1 aromatic carbocycles. The maximum atomic E-state index is 12.7. The Kier molecular flexibility index (Phi) is 6.96. The van der Waals surface area contributed by atoms with Crippen LogP contribution in [0.3, 0.4) is 0 Å². The van der Waals surface area contributed by atoms with Crippen LogP contribution in [0, 0.1) is 0 Å². The third-order valence-corrected chi connectivity index (χ3v) is 4.95. The summed E-state index contributed by atoms with van der Waals surface area (Å²) in [7, 11) is 2.90. The van der Waals surface area contributed by atoms with Crippen LogP contribution in [0.5, 0.6) is 5.75 Å². The number of amides is 2. The van der Waals surface area contributed by atoms with Gasteiger partial charge in [0.1, 0.15) is 29.6 Å². The Morgan fingerprint density at radius 1 is 1.03 bits per heavy atom. The third-order valence-electron chi connectivity index (χ3n) is 4.95. The van der Waals surface area contributed by atoms with Gasteiger partial charge >= 0.3 is 5.97 Å². The van der Waals surface area contributed by atoms with Gasteiger partial charge in [0, 0.05) is 7.05 Å². The lowest BCUT2D eigenvalue weighted by molar-refractivity contribution is 0.0600. The van der Waals surface area contributed by atoms with Crippen LogP contribution in [0.25, 0.3) is 0 Å². The molecule has 11 heteroatoms. The zero-order valence-electron chi connectivity index (χ0n) is 18.9. The molecule has 0 saturated carbocycles. The lowest BCUT2D eigenvalue weighted by Crippen LogP contribution is -2.26. The standard InChI is InChI=1S/C24H22N4O7/c1-28-21(23(30)25-12-17-4-3-11-33-17)19(13-26-28)27-22(29)20-10-9-18(35-20)14-34-16-7-5-15(6-8-16)24(31)32-2/h3-11,13H,12,14H2,1-2H3,(H,25,30)(H,27,29). The van der Waals surface area contributed by atoms with E-state index in [0.29, 0.717) is 22.8 Å². The van der Waals surface area contributed by atoms with Gasteiger partial charge in [-0.15, -0.1) is 0 Å². The number of nitrogens with zero attached hydrogens (tertiary/aromatic N) is 2. The monoisotopic (exact) mass is 478 g/mol. The van der Waals surface area contributed by atoms with Gasteiger partial charge in [-0.1, -0.05) is 0 Å². The summed E-state index contributed by atoms with van der Waals surface area (Å²) in [6, 6.07) is 13.0. The highest BCUT2D eigenvalue weighted by Crippen LogP contribution is 2.19. The van der Waals surface area contributed by atoms with Gasteiger partial charge in [0.25, 0.3) is 11.8 Å². The van der Waals surface area contributed by atoms with E-state index in [1.807, 2.05) is 0 Å². The zero-order valence-corrected chi connectivity index (χ0v) is 18.9. The molecule has 0 atom stereocenters. The molecule has 0 aliphatic heterocycles. The van der Waals surface area contributed by atoms with Crippen molar-refractivity contribution in [2.75, 3.05) is 12.4 Å². The number of ether oxygens (including phenoxy) is 2. The largest absolute Gasteiger partial charge is 0.486 e. The van der Waals surface area contributed by atoms with Gasteiger partial charge in [-0.25, -0.2) is 4.79 Å². The maximum Gasteiger partial charge on any atom is 0.337 e. The fourth-order valence-electron chi connectivity index (χ4n) is 3.18. The second-order valence-electron chi connectivity index (χ2n) is 7.32. The molecule has 0 saturated heterocycles. The van der Waals surface area contributed by atoms with Gasteiger partial charge in [-0.3, -0.25) is 14.3 Å². The van der Waals surface area contributed by atoms with Crippen molar-refractivity contribution in [3.8, 4) is 5.75 Å². The lowest BCUT2D eigenvalue weighted by Gasteiger charge is -2.07. The van der Waals surface area contributed by atoms with Gasteiger partial charge in [-0.05, 0) is 48.5 Å². The molecule has 0 spiro atoms. The first-order chi connectivity index (χ1) is 16.9. The molecular formula is C24H22N4O7. The van der Waals surface area contributed by atoms with Crippen LogP contribution < -0.4 is 15.4 Å². The average molecular weight is 478 g/mol. The number of aryl methyl sites for hydroxylation is 1. The smallest absolute Gasteiger partial charge is 0.337 e. The summed E-state index contributed by atoms with van der Waals surface area (Å²) in [6.07, 6.45) is 2.89. The number of esters is 1. The third kappa shape index (κ3) is 5.58. The Morgan fingerprint density at radius 3 is 2.54 bits per heavy atom. The van der Waals surface area contributed by atoms with Crippen LogP contribution in [0.1, 0.15) is 42.9 Å². The Hall–Kier alpha value is -4.80. The van der Waals surface area contributed by atoms with Gasteiger partial charge in [0.2, 0.25) is 0 Å². The van der Waals surface area contributed by atoms with Crippen molar-refractivity contribution < 1.29 is 32.7 Å².